The molecular formula is C33H45NO7S. The summed E-state index contributed by atoms with van der Waals surface area (Å²) in [6, 6.07) is 15.0. The molecule has 4 rings (SSSR count). The van der Waals surface area contributed by atoms with E-state index < -0.39 is 15.3 Å². The molecule has 0 N–H and O–H groups in total. The Labute approximate surface area is 251 Å². The number of sulfonamides is 1. The highest BCUT2D eigenvalue weighted by Gasteiger charge is 2.44. The van der Waals surface area contributed by atoms with Crippen LogP contribution in [0, 0.1) is 23.7 Å². The maximum Gasteiger partial charge on any atom is 0.217 e. The molecular weight excluding hydrogens is 554 g/mol. The molecule has 6 atom stereocenters. The van der Waals surface area contributed by atoms with Gasteiger partial charge in [-0.25, -0.2) is 8.42 Å². The van der Waals surface area contributed by atoms with Gasteiger partial charge in [-0.3, -0.25) is 0 Å². The average Bonchev–Trinajstić information content (AvgIpc) is 2.96. The quantitative estimate of drug-likeness (QED) is 0.139. The first-order chi connectivity index (χ1) is 20.2. The Kier molecular flexibility index (Phi) is 11.2. The van der Waals surface area contributed by atoms with Gasteiger partial charge in [0, 0.05) is 26.1 Å². The molecule has 0 unspecified atom stereocenters. The predicted molar refractivity (Wildman–Crippen MR) is 163 cm³/mol. The third-order valence-electron chi connectivity index (χ3n) is 9.08. The van der Waals surface area contributed by atoms with Crippen LogP contribution in [0.4, 0.5) is 0 Å². The summed E-state index contributed by atoms with van der Waals surface area (Å²) in [6.45, 7) is 5.32. The van der Waals surface area contributed by atoms with Crippen molar-refractivity contribution in [2.24, 2.45) is 23.7 Å². The molecule has 2 aromatic rings. The van der Waals surface area contributed by atoms with Gasteiger partial charge in [0.25, 0.3) is 0 Å². The topological polar surface area (TPSA) is 91.4 Å². The Hall–Kier alpha value is -2.72. The first-order valence-electron chi connectivity index (χ1n) is 14.7. The number of carbonyl (C=O) groups is 1. The minimum absolute atomic E-state index is 0.0266. The van der Waals surface area contributed by atoms with Crippen LogP contribution in [0.5, 0.6) is 11.5 Å². The molecule has 8 nitrogen and oxygen atoms in total. The predicted octanol–water partition coefficient (Wildman–Crippen LogP) is 5.26. The van der Waals surface area contributed by atoms with Crippen molar-refractivity contribution in [2.45, 2.75) is 57.6 Å². The van der Waals surface area contributed by atoms with E-state index in [0.717, 1.165) is 48.2 Å². The number of methoxy groups -OCH3 is 3. The van der Waals surface area contributed by atoms with Crippen molar-refractivity contribution >= 4 is 16.3 Å². The molecule has 0 spiro atoms. The third-order valence-corrected chi connectivity index (χ3v) is 11.4. The van der Waals surface area contributed by atoms with Crippen LogP contribution in [0.15, 0.2) is 60.2 Å². The number of aldehydes is 1. The normalized spacial score (nSPS) is 22.3. The Balaban J connectivity index is 1.51. The SMILES string of the molecule is COCCO[C@@H](C1=C[C@@H]([C@H](C)[C@@H](C)S(=O)(=O)N(Cc2ccc(OC)cc2)Cc2ccc(OC)cc2)C1)[C@@H]1CC[C@H]1C=O. The summed E-state index contributed by atoms with van der Waals surface area (Å²) in [6.07, 6.45) is 5.77. The van der Waals surface area contributed by atoms with Crippen LogP contribution in [0.1, 0.15) is 44.2 Å². The van der Waals surface area contributed by atoms with E-state index in [0.29, 0.717) is 13.2 Å². The maximum atomic E-state index is 14.2. The summed E-state index contributed by atoms with van der Waals surface area (Å²) in [5.74, 6) is 1.69. The molecule has 230 valence electrons. The van der Waals surface area contributed by atoms with Crippen molar-refractivity contribution in [1.82, 2.24) is 4.31 Å². The summed E-state index contributed by atoms with van der Waals surface area (Å²) in [5.41, 5.74) is 2.96. The van der Waals surface area contributed by atoms with Crippen molar-refractivity contribution in [3.8, 4) is 11.5 Å². The van der Waals surface area contributed by atoms with Crippen LogP contribution in [0.3, 0.4) is 0 Å². The third kappa shape index (κ3) is 7.43. The monoisotopic (exact) mass is 599 g/mol. The molecule has 0 aliphatic heterocycles. The van der Waals surface area contributed by atoms with Crippen molar-refractivity contribution < 1.29 is 32.2 Å². The molecule has 2 aliphatic rings. The number of benzene rings is 2. The van der Waals surface area contributed by atoms with Crippen molar-refractivity contribution in [1.29, 1.82) is 0 Å². The molecule has 2 aliphatic carbocycles. The number of rotatable bonds is 17. The molecule has 1 saturated carbocycles. The molecule has 42 heavy (non-hydrogen) atoms. The second-order valence-electron chi connectivity index (χ2n) is 11.5. The van der Waals surface area contributed by atoms with Crippen LogP contribution < -0.4 is 9.47 Å². The van der Waals surface area contributed by atoms with E-state index >= 15 is 0 Å². The Morgan fingerprint density at radius 2 is 1.43 bits per heavy atom. The van der Waals surface area contributed by atoms with Gasteiger partial charge < -0.3 is 23.7 Å². The maximum absolute atomic E-state index is 14.2. The standard InChI is InChI=1S/C33H45NO7S/c1-23(28-18-29(19-28)33(41-17-16-38-3)32-15-10-27(32)22-35)24(2)42(36,37)34(20-25-6-11-30(39-4)12-7-25)21-26-8-13-31(40-5)14-9-26/h6-9,11-14,18,22-24,27-28,32-33H,10,15-17,19-21H2,1-5H3/t23-,24-,27+,28-,32-,33+/m1/s1. The number of ether oxygens (including phenoxy) is 4. The van der Waals surface area contributed by atoms with E-state index in [-0.39, 0.29) is 42.9 Å². The Morgan fingerprint density at radius 1 is 0.881 bits per heavy atom. The van der Waals surface area contributed by atoms with Crippen LogP contribution >= 0.6 is 0 Å². The minimum Gasteiger partial charge on any atom is -0.497 e. The van der Waals surface area contributed by atoms with Gasteiger partial charge in [0.05, 0.1) is 38.8 Å². The number of carbonyl (C=O) groups excluding carboxylic acids is 1. The van der Waals surface area contributed by atoms with Gasteiger partial charge in [0.15, 0.2) is 0 Å². The molecule has 9 heteroatoms. The summed E-state index contributed by atoms with van der Waals surface area (Å²) in [4.78, 5) is 11.5. The fourth-order valence-electron chi connectivity index (χ4n) is 5.88. The minimum atomic E-state index is -3.68. The fraction of sp³-hybridized carbons (Fsp3) is 0.545. The van der Waals surface area contributed by atoms with Gasteiger partial charge in [0.2, 0.25) is 10.0 Å². The lowest BCUT2D eigenvalue weighted by Gasteiger charge is -2.44. The Bertz CT molecular complexity index is 1240. The first-order valence-corrected chi connectivity index (χ1v) is 16.2. The van der Waals surface area contributed by atoms with E-state index in [1.165, 1.54) is 5.57 Å². The molecule has 0 saturated heterocycles. The van der Waals surface area contributed by atoms with Crippen molar-refractivity contribution in [3.63, 3.8) is 0 Å². The van der Waals surface area contributed by atoms with E-state index in [2.05, 4.69) is 6.08 Å². The van der Waals surface area contributed by atoms with E-state index in [1.54, 1.807) is 25.6 Å². The molecule has 0 aromatic heterocycles. The molecule has 0 heterocycles. The van der Waals surface area contributed by atoms with Gasteiger partial charge in [-0.1, -0.05) is 37.3 Å². The molecule has 0 amide bonds. The largest absolute Gasteiger partial charge is 0.497 e. The zero-order chi connectivity index (χ0) is 30.3. The van der Waals surface area contributed by atoms with Crippen molar-refractivity contribution in [2.75, 3.05) is 34.5 Å². The highest BCUT2D eigenvalue weighted by Crippen LogP contribution is 2.46. The van der Waals surface area contributed by atoms with E-state index in [4.69, 9.17) is 18.9 Å². The smallest absolute Gasteiger partial charge is 0.217 e. The molecule has 1 fully saturated rings. The molecule has 0 radical (unpaired) electrons. The van der Waals surface area contributed by atoms with E-state index in [9.17, 15) is 13.2 Å². The lowest BCUT2D eigenvalue weighted by Crippen LogP contribution is -2.45. The highest BCUT2D eigenvalue weighted by molar-refractivity contribution is 7.89. The van der Waals surface area contributed by atoms with Gasteiger partial charge in [-0.2, -0.15) is 4.31 Å². The van der Waals surface area contributed by atoms with Crippen LogP contribution in [-0.2, 0) is 37.4 Å². The Morgan fingerprint density at radius 3 is 1.86 bits per heavy atom. The van der Waals surface area contributed by atoms with Gasteiger partial charge >= 0.3 is 0 Å². The number of allylic oxidation sites excluding steroid dienone is 1. The summed E-state index contributed by atoms with van der Waals surface area (Å²) in [5, 5.41) is -0.601. The lowest BCUT2D eigenvalue weighted by atomic mass is 9.65. The highest BCUT2D eigenvalue weighted by atomic mass is 32.2. The zero-order valence-corrected chi connectivity index (χ0v) is 26.2. The van der Waals surface area contributed by atoms with Crippen LogP contribution in [0.25, 0.3) is 0 Å². The second-order valence-corrected chi connectivity index (χ2v) is 13.8. The molecule has 2 aromatic carbocycles. The average molecular weight is 600 g/mol. The zero-order valence-electron chi connectivity index (χ0n) is 25.4. The van der Waals surface area contributed by atoms with Gasteiger partial charge in [-0.15, -0.1) is 0 Å². The number of hydrogen-bond donors (Lipinski definition) is 0. The second kappa shape index (κ2) is 14.6. The van der Waals surface area contributed by atoms with Crippen LogP contribution in [-0.4, -0.2) is 64.9 Å². The first kappa shape index (κ1) is 32.2. The van der Waals surface area contributed by atoms with E-state index in [1.807, 2.05) is 62.4 Å². The fourth-order valence-corrected chi connectivity index (χ4v) is 7.75. The van der Waals surface area contributed by atoms with Crippen molar-refractivity contribution in [3.05, 3.63) is 71.3 Å². The summed E-state index contributed by atoms with van der Waals surface area (Å²) >= 11 is 0. The molecule has 0 bridgehead atoms. The van der Waals surface area contributed by atoms with Gasteiger partial charge in [-0.05, 0) is 84.9 Å². The van der Waals surface area contributed by atoms with Crippen LogP contribution in [0.2, 0.25) is 0 Å². The summed E-state index contributed by atoms with van der Waals surface area (Å²) < 4.78 is 51.9. The number of hydrogen-bond acceptors (Lipinski definition) is 7. The lowest BCUT2D eigenvalue weighted by molar-refractivity contribution is -0.120. The number of nitrogens with zero attached hydrogens (tertiary/aromatic N) is 1. The summed E-state index contributed by atoms with van der Waals surface area (Å²) in [7, 11) is 1.19. The van der Waals surface area contributed by atoms with Gasteiger partial charge in [0.1, 0.15) is 17.8 Å².